The van der Waals surface area contributed by atoms with Gasteiger partial charge in [0.2, 0.25) is 0 Å². The average Bonchev–Trinajstić information content (AvgIpc) is 2.74. The van der Waals surface area contributed by atoms with E-state index in [2.05, 4.69) is 4.74 Å². The molecule has 2 rings (SSSR count). The van der Waals surface area contributed by atoms with Crippen LogP contribution in [-0.4, -0.2) is 24.2 Å². The van der Waals surface area contributed by atoms with Crippen LogP contribution in [0.25, 0.3) is 0 Å². The first kappa shape index (κ1) is 9.24. The summed E-state index contributed by atoms with van der Waals surface area (Å²) in [6, 6.07) is 0. The summed E-state index contributed by atoms with van der Waals surface area (Å²) < 4.78 is 4.63. The van der Waals surface area contributed by atoms with Gasteiger partial charge in [0.25, 0.3) is 0 Å². The van der Waals surface area contributed by atoms with Gasteiger partial charge in [-0.2, -0.15) is 0 Å². The number of carbonyl (C=O) groups is 2. The Bertz CT molecular complexity index is 307. The fraction of sp³-hybridized carbons (Fsp3) is 0.600. The Hall–Kier alpha value is -1.32. The second-order valence-corrected chi connectivity index (χ2v) is 3.86. The highest BCUT2D eigenvalue weighted by molar-refractivity contribution is 5.83. The molecule has 0 saturated heterocycles. The van der Waals surface area contributed by atoms with Crippen LogP contribution in [0.5, 0.6) is 0 Å². The maximum Gasteiger partial charge on any atom is 0.310 e. The summed E-state index contributed by atoms with van der Waals surface area (Å²) >= 11 is 0. The fourth-order valence-corrected chi connectivity index (χ4v) is 2.62. The van der Waals surface area contributed by atoms with Gasteiger partial charge in [-0.15, -0.1) is 0 Å². The molecule has 4 nitrogen and oxygen atoms in total. The predicted molar refractivity (Wildman–Crippen MR) is 47.4 cm³/mol. The molecule has 0 radical (unpaired) electrons. The molecule has 2 aliphatic rings. The van der Waals surface area contributed by atoms with Gasteiger partial charge in [-0.1, -0.05) is 12.2 Å². The molecule has 2 bridgehead atoms. The average molecular weight is 196 g/mol. The number of carboxylic acids is 1. The van der Waals surface area contributed by atoms with Crippen LogP contribution in [0, 0.1) is 23.7 Å². The van der Waals surface area contributed by atoms with Crippen molar-refractivity contribution in [3.63, 3.8) is 0 Å². The van der Waals surface area contributed by atoms with Crippen molar-refractivity contribution < 1.29 is 19.4 Å². The van der Waals surface area contributed by atoms with E-state index < -0.39 is 23.8 Å². The van der Waals surface area contributed by atoms with Crippen LogP contribution in [0.1, 0.15) is 6.42 Å². The standard InChI is InChI=1S/C10H12O4/c1-14-10(13)8-6-3-2-5(4-6)7(8)9(11)12/h2-3,5-8H,4H2,1H3,(H,11,12)/t5-,6+,7?,8?/m1/s1. The van der Waals surface area contributed by atoms with Crippen molar-refractivity contribution in [1.29, 1.82) is 0 Å². The Kier molecular flexibility index (Phi) is 2.06. The largest absolute Gasteiger partial charge is 0.481 e. The second kappa shape index (κ2) is 3.12. The molecule has 4 atom stereocenters. The lowest BCUT2D eigenvalue weighted by atomic mass is 9.83. The molecule has 0 aromatic heterocycles. The van der Waals surface area contributed by atoms with Crippen molar-refractivity contribution in [2.24, 2.45) is 23.7 Å². The van der Waals surface area contributed by atoms with E-state index in [1.54, 1.807) is 0 Å². The molecule has 1 saturated carbocycles. The van der Waals surface area contributed by atoms with E-state index in [4.69, 9.17) is 5.11 Å². The first-order chi connectivity index (χ1) is 6.65. The number of allylic oxidation sites excluding steroid dienone is 2. The third kappa shape index (κ3) is 1.14. The van der Waals surface area contributed by atoms with Gasteiger partial charge in [-0.3, -0.25) is 9.59 Å². The Morgan fingerprint density at radius 3 is 2.36 bits per heavy atom. The van der Waals surface area contributed by atoms with Gasteiger partial charge in [-0.05, 0) is 18.3 Å². The maximum atomic E-state index is 11.4. The third-order valence-corrected chi connectivity index (χ3v) is 3.22. The van der Waals surface area contributed by atoms with Crippen LogP contribution in [-0.2, 0) is 14.3 Å². The molecule has 0 heterocycles. The number of hydrogen-bond donors (Lipinski definition) is 1. The summed E-state index contributed by atoms with van der Waals surface area (Å²) in [6.45, 7) is 0. The summed E-state index contributed by atoms with van der Waals surface area (Å²) in [5.74, 6) is -2.27. The van der Waals surface area contributed by atoms with E-state index >= 15 is 0 Å². The van der Waals surface area contributed by atoms with Gasteiger partial charge in [0.1, 0.15) is 0 Å². The van der Waals surface area contributed by atoms with E-state index in [-0.39, 0.29) is 11.8 Å². The predicted octanol–water partition coefficient (Wildman–Crippen LogP) is 0.682. The SMILES string of the molecule is COC(=O)C1C(C(=O)O)[C@@H]2C=C[C@H]1C2. The van der Waals surface area contributed by atoms with Gasteiger partial charge in [-0.25, -0.2) is 0 Å². The molecule has 0 aromatic rings. The Morgan fingerprint density at radius 1 is 1.29 bits per heavy atom. The van der Waals surface area contributed by atoms with Gasteiger partial charge in [0.15, 0.2) is 0 Å². The molecule has 4 heteroatoms. The van der Waals surface area contributed by atoms with E-state index in [9.17, 15) is 9.59 Å². The first-order valence-electron chi connectivity index (χ1n) is 4.64. The fourth-order valence-electron chi connectivity index (χ4n) is 2.62. The minimum atomic E-state index is -0.891. The Balaban J connectivity index is 2.26. The first-order valence-corrected chi connectivity index (χ1v) is 4.64. The van der Waals surface area contributed by atoms with Crippen molar-refractivity contribution in [3.8, 4) is 0 Å². The van der Waals surface area contributed by atoms with E-state index in [1.165, 1.54) is 7.11 Å². The lowest BCUT2D eigenvalue weighted by Gasteiger charge is -2.21. The van der Waals surface area contributed by atoms with E-state index in [1.807, 2.05) is 12.2 Å². The van der Waals surface area contributed by atoms with Gasteiger partial charge < -0.3 is 9.84 Å². The summed E-state index contributed by atoms with van der Waals surface area (Å²) in [7, 11) is 1.30. The minimum Gasteiger partial charge on any atom is -0.481 e. The lowest BCUT2D eigenvalue weighted by Crippen LogP contribution is -2.33. The number of hydrogen-bond acceptors (Lipinski definition) is 3. The van der Waals surface area contributed by atoms with Gasteiger partial charge >= 0.3 is 11.9 Å². The summed E-state index contributed by atoms with van der Waals surface area (Å²) in [5, 5.41) is 9.01. The third-order valence-electron chi connectivity index (χ3n) is 3.22. The Morgan fingerprint density at radius 2 is 1.86 bits per heavy atom. The Labute approximate surface area is 81.6 Å². The summed E-state index contributed by atoms with van der Waals surface area (Å²) in [5.41, 5.74) is 0. The van der Waals surface area contributed by atoms with Crippen molar-refractivity contribution in [2.45, 2.75) is 6.42 Å². The highest BCUT2D eigenvalue weighted by Gasteiger charge is 2.52. The second-order valence-electron chi connectivity index (χ2n) is 3.86. The zero-order valence-electron chi connectivity index (χ0n) is 7.84. The number of rotatable bonds is 2. The molecule has 1 fully saturated rings. The number of methoxy groups -OCH3 is 1. The van der Waals surface area contributed by atoms with Gasteiger partial charge in [0.05, 0.1) is 18.9 Å². The molecule has 2 aliphatic carbocycles. The van der Waals surface area contributed by atoms with E-state index in [0.717, 1.165) is 6.42 Å². The monoisotopic (exact) mass is 196 g/mol. The minimum absolute atomic E-state index is 0.0154. The van der Waals surface area contributed by atoms with Crippen molar-refractivity contribution >= 4 is 11.9 Å². The normalized spacial score (nSPS) is 38.6. The van der Waals surface area contributed by atoms with Crippen LogP contribution >= 0.6 is 0 Å². The molecular formula is C10H12O4. The van der Waals surface area contributed by atoms with E-state index in [0.29, 0.717) is 0 Å². The molecule has 0 amide bonds. The number of ether oxygens (including phenoxy) is 1. The molecule has 14 heavy (non-hydrogen) atoms. The summed E-state index contributed by atoms with van der Waals surface area (Å²) in [4.78, 5) is 22.4. The zero-order chi connectivity index (χ0) is 10.3. The highest BCUT2D eigenvalue weighted by atomic mass is 16.5. The molecule has 2 unspecified atom stereocenters. The smallest absolute Gasteiger partial charge is 0.310 e. The number of carboxylic acid groups (broad SMARTS) is 1. The van der Waals surface area contributed by atoms with Crippen LogP contribution < -0.4 is 0 Å². The quantitative estimate of drug-likeness (QED) is 0.521. The number of fused-ring (bicyclic) bond motifs is 2. The molecule has 76 valence electrons. The molecule has 0 spiro atoms. The molecule has 0 aliphatic heterocycles. The van der Waals surface area contributed by atoms with Crippen LogP contribution in [0.4, 0.5) is 0 Å². The summed E-state index contributed by atoms with van der Waals surface area (Å²) in [6.07, 6.45) is 4.62. The van der Waals surface area contributed by atoms with Crippen molar-refractivity contribution in [2.75, 3.05) is 7.11 Å². The topological polar surface area (TPSA) is 63.6 Å². The van der Waals surface area contributed by atoms with Crippen LogP contribution in [0.2, 0.25) is 0 Å². The number of esters is 1. The van der Waals surface area contributed by atoms with Crippen LogP contribution in [0.3, 0.4) is 0 Å². The van der Waals surface area contributed by atoms with Gasteiger partial charge in [0, 0.05) is 0 Å². The molecule has 1 N–H and O–H groups in total. The van der Waals surface area contributed by atoms with Crippen LogP contribution in [0.15, 0.2) is 12.2 Å². The molecular weight excluding hydrogens is 184 g/mol. The molecule has 0 aromatic carbocycles. The van der Waals surface area contributed by atoms with Crippen molar-refractivity contribution in [1.82, 2.24) is 0 Å². The number of carbonyl (C=O) groups excluding carboxylic acids is 1. The number of aliphatic carboxylic acids is 1. The zero-order valence-corrected chi connectivity index (χ0v) is 7.84. The lowest BCUT2D eigenvalue weighted by molar-refractivity contribution is -0.156. The van der Waals surface area contributed by atoms with Crippen molar-refractivity contribution in [3.05, 3.63) is 12.2 Å². The maximum absolute atomic E-state index is 11.4. The highest BCUT2D eigenvalue weighted by Crippen LogP contribution is 2.48.